The molecule has 0 aliphatic carbocycles. The molecule has 4 aromatic heterocycles. The zero-order chi connectivity index (χ0) is 22.2. The summed E-state index contributed by atoms with van der Waals surface area (Å²) >= 11 is 0. The minimum Gasteiger partial charge on any atom is -0.478 e. The fraction of sp³-hybridized carbons (Fsp3) is 0.0952. The standard InChI is InChI=1S/C21H14F2N6O3/c22-21(23)32-12-3-4-16-13(6-12)17(28-29(16)10-11-2-1-5-24-7-11)15-9-26-19-18(27-15)14(8-25-19)20(30)31/h1-9,21H,10H2,(H,25,26)(H,30,31). The van der Waals surface area contributed by atoms with Crippen LogP contribution in [-0.2, 0) is 6.54 Å². The van der Waals surface area contributed by atoms with Crippen molar-refractivity contribution in [2.75, 3.05) is 0 Å². The van der Waals surface area contributed by atoms with Crippen molar-refractivity contribution in [3.05, 3.63) is 66.2 Å². The fourth-order valence-electron chi connectivity index (χ4n) is 3.48. The Hall–Kier alpha value is -4.41. The van der Waals surface area contributed by atoms with Crippen LogP contribution in [0.25, 0.3) is 33.5 Å². The van der Waals surface area contributed by atoms with Crippen LogP contribution in [0.5, 0.6) is 5.75 Å². The maximum absolute atomic E-state index is 12.8. The average Bonchev–Trinajstić information content (AvgIpc) is 3.35. The van der Waals surface area contributed by atoms with Gasteiger partial charge >= 0.3 is 12.6 Å². The van der Waals surface area contributed by atoms with Gasteiger partial charge in [-0.05, 0) is 29.8 Å². The van der Waals surface area contributed by atoms with Gasteiger partial charge in [-0.3, -0.25) is 9.67 Å². The molecule has 0 fully saturated rings. The Balaban J connectivity index is 1.69. The van der Waals surface area contributed by atoms with E-state index in [4.69, 9.17) is 0 Å². The Bertz CT molecular complexity index is 1450. The molecule has 160 valence electrons. The van der Waals surface area contributed by atoms with Crippen molar-refractivity contribution < 1.29 is 23.4 Å². The fourth-order valence-corrected chi connectivity index (χ4v) is 3.48. The Morgan fingerprint density at radius 2 is 2.12 bits per heavy atom. The third kappa shape index (κ3) is 3.49. The van der Waals surface area contributed by atoms with Crippen LogP contribution in [0.15, 0.2) is 55.1 Å². The summed E-state index contributed by atoms with van der Waals surface area (Å²) in [5.41, 5.74) is 2.64. The number of alkyl halides is 2. The van der Waals surface area contributed by atoms with Crippen LogP contribution in [0, 0.1) is 0 Å². The number of aromatic carboxylic acids is 1. The van der Waals surface area contributed by atoms with Gasteiger partial charge in [-0.1, -0.05) is 6.07 Å². The molecule has 5 aromatic rings. The van der Waals surface area contributed by atoms with Gasteiger partial charge in [0.05, 0.1) is 18.3 Å². The molecular weight excluding hydrogens is 422 g/mol. The average molecular weight is 436 g/mol. The van der Waals surface area contributed by atoms with E-state index < -0.39 is 12.6 Å². The van der Waals surface area contributed by atoms with Gasteiger partial charge in [-0.2, -0.15) is 13.9 Å². The molecule has 4 heterocycles. The molecule has 0 spiro atoms. The lowest BCUT2D eigenvalue weighted by molar-refractivity contribution is -0.0497. The third-order valence-corrected chi connectivity index (χ3v) is 4.86. The number of fused-ring (bicyclic) bond motifs is 2. The number of H-pyrrole nitrogens is 1. The Morgan fingerprint density at radius 1 is 1.25 bits per heavy atom. The number of hydrogen-bond donors (Lipinski definition) is 2. The first-order valence-corrected chi connectivity index (χ1v) is 9.41. The lowest BCUT2D eigenvalue weighted by Gasteiger charge is -2.06. The molecule has 0 atom stereocenters. The number of halogens is 2. The predicted molar refractivity (Wildman–Crippen MR) is 110 cm³/mol. The molecule has 0 saturated carbocycles. The zero-order valence-corrected chi connectivity index (χ0v) is 16.2. The lowest BCUT2D eigenvalue weighted by Crippen LogP contribution is -2.03. The molecule has 11 heteroatoms. The van der Waals surface area contributed by atoms with Gasteiger partial charge in [0, 0.05) is 24.0 Å². The second kappa shape index (κ2) is 7.69. The van der Waals surface area contributed by atoms with Crippen LogP contribution in [0.2, 0.25) is 0 Å². The molecule has 0 unspecified atom stereocenters. The summed E-state index contributed by atoms with van der Waals surface area (Å²) in [6.07, 6.45) is 6.11. The molecule has 0 bridgehead atoms. The smallest absolute Gasteiger partial charge is 0.387 e. The van der Waals surface area contributed by atoms with Crippen molar-refractivity contribution in [1.29, 1.82) is 0 Å². The number of aromatic amines is 1. The topological polar surface area (TPSA) is 119 Å². The van der Waals surface area contributed by atoms with Crippen LogP contribution in [0.4, 0.5) is 8.78 Å². The largest absolute Gasteiger partial charge is 0.478 e. The lowest BCUT2D eigenvalue weighted by atomic mass is 10.1. The van der Waals surface area contributed by atoms with E-state index in [0.717, 1.165) is 5.56 Å². The quantitative estimate of drug-likeness (QED) is 0.416. The molecule has 9 nitrogen and oxygen atoms in total. The second-order valence-electron chi connectivity index (χ2n) is 6.88. The van der Waals surface area contributed by atoms with E-state index in [1.807, 2.05) is 6.07 Å². The number of nitrogens with one attached hydrogen (secondary N) is 1. The van der Waals surface area contributed by atoms with Crippen LogP contribution in [0.3, 0.4) is 0 Å². The van der Waals surface area contributed by atoms with Crippen LogP contribution < -0.4 is 4.74 Å². The van der Waals surface area contributed by atoms with Crippen LogP contribution >= 0.6 is 0 Å². The van der Waals surface area contributed by atoms with Crippen LogP contribution in [-0.4, -0.2) is 47.4 Å². The molecule has 1 aromatic carbocycles. The molecule has 0 aliphatic heterocycles. The van der Waals surface area contributed by atoms with Crippen molar-refractivity contribution in [3.8, 4) is 17.1 Å². The summed E-state index contributed by atoms with van der Waals surface area (Å²) in [4.78, 5) is 27.0. The Labute approximate surface area is 178 Å². The number of carboxylic acid groups (broad SMARTS) is 1. The molecule has 0 saturated heterocycles. The van der Waals surface area contributed by atoms with E-state index in [0.29, 0.717) is 34.5 Å². The van der Waals surface area contributed by atoms with Gasteiger partial charge in [0.15, 0.2) is 5.65 Å². The molecule has 0 radical (unpaired) electrons. The summed E-state index contributed by atoms with van der Waals surface area (Å²) in [6.45, 7) is -2.60. The number of nitrogens with zero attached hydrogens (tertiary/aromatic N) is 5. The van der Waals surface area contributed by atoms with Gasteiger partial charge in [0.25, 0.3) is 0 Å². The van der Waals surface area contributed by atoms with E-state index in [1.165, 1.54) is 24.5 Å². The highest BCUT2D eigenvalue weighted by atomic mass is 19.3. The molecule has 32 heavy (non-hydrogen) atoms. The molecular formula is C21H14F2N6O3. The first-order chi connectivity index (χ1) is 15.5. The zero-order valence-electron chi connectivity index (χ0n) is 16.2. The van der Waals surface area contributed by atoms with Crippen molar-refractivity contribution >= 4 is 28.0 Å². The van der Waals surface area contributed by atoms with Crippen molar-refractivity contribution in [3.63, 3.8) is 0 Å². The first kappa shape index (κ1) is 19.5. The predicted octanol–water partition coefficient (Wildman–Crippen LogP) is 3.72. The molecule has 2 N–H and O–H groups in total. The van der Waals surface area contributed by atoms with Gasteiger partial charge < -0.3 is 14.8 Å². The van der Waals surface area contributed by atoms with Gasteiger partial charge in [0.2, 0.25) is 0 Å². The van der Waals surface area contributed by atoms with E-state index in [9.17, 15) is 18.7 Å². The highest BCUT2D eigenvalue weighted by Gasteiger charge is 2.19. The van der Waals surface area contributed by atoms with E-state index >= 15 is 0 Å². The van der Waals surface area contributed by atoms with Gasteiger partial charge in [-0.25, -0.2) is 14.8 Å². The number of aromatic nitrogens is 6. The molecule has 5 rings (SSSR count). The highest BCUT2D eigenvalue weighted by Crippen LogP contribution is 2.31. The van der Waals surface area contributed by atoms with Crippen molar-refractivity contribution in [2.24, 2.45) is 0 Å². The number of rotatable bonds is 6. The van der Waals surface area contributed by atoms with Crippen LogP contribution in [0.1, 0.15) is 15.9 Å². The maximum atomic E-state index is 12.8. The SMILES string of the molecule is O=C(O)c1c[nH]c2ncc(-c3nn(Cc4cccnc4)c4ccc(OC(F)F)cc34)nc12. The maximum Gasteiger partial charge on any atom is 0.387 e. The van der Waals surface area contributed by atoms with E-state index in [2.05, 4.69) is 29.8 Å². The highest BCUT2D eigenvalue weighted by molar-refractivity contribution is 6.01. The number of ether oxygens (including phenoxy) is 1. The number of pyridine rings is 1. The van der Waals surface area contributed by atoms with E-state index in [1.54, 1.807) is 29.2 Å². The monoisotopic (exact) mass is 436 g/mol. The summed E-state index contributed by atoms with van der Waals surface area (Å²) in [7, 11) is 0. The molecule has 0 aliphatic rings. The van der Waals surface area contributed by atoms with E-state index in [-0.39, 0.29) is 16.8 Å². The van der Waals surface area contributed by atoms with Crippen molar-refractivity contribution in [2.45, 2.75) is 13.2 Å². The normalized spacial score (nSPS) is 11.5. The third-order valence-electron chi connectivity index (χ3n) is 4.86. The number of hydrogen-bond acceptors (Lipinski definition) is 6. The minimum absolute atomic E-state index is 0.0309. The van der Waals surface area contributed by atoms with Crippen molar-refractivity contribution in [1.82, 2.24) is 29.7 Å². The van der Waals surface area contributed by atoms with Gasteiger partial charge in [0.1, 0.15) is 28.2 Å². The molecule has 0 amide bonds. The Morgan fingerprint density at radius 3 is 2.88 bits per heavy atom. The minimum atomic E-state index is -2.98. The summed E-state index contributed by atoms with van der Waals surface area (Å²) in [5.74, 6) is -1.18. The summed E-state index contributed by atoms with van der Waals surface area (Å²) in [6, 6.07) is 8.20. The number of carboxylic acids is 1. The summed E-state index contributed by atoms with van der Waals surface area (Å²) in [5, 5.41) is 14.5. The number of carbonyl (C=O) groups is 1. The first-order valence-electron chi connectivity index (χ1n) is 9.41. The Kier molecular flexibility index (Phi) is 4.70. The summed E-state index contributed by atoms with van der Waals surface area (Å²) < 4.78 is 31.8. The van der Waals surface area contributed by atoms with Gasteiger partial charge in [-0.15, -0.1) is 0 Å². The second-order valence-corrected chi connectivity index (χ2v) is 6.88. The number of benzene rings is 1.